The van der Waals surface area contributed by atoms with Crippen LogP contribution in [0.5, 0.6) is 0 Å². The summed E-state index contributed by atoms with van der Waals surface area (Å²) in [5.74, 6) is 0.126. The van der Waals surface area contributed by atoms with Gasteiger partial charge in [0.25, 0.3) is 0 Å². The van der Waals surface area contributed by atoms with Crippen molar-refractivity contribution in [2.75, 3.05) is 19.6 Å². The minimum atomic E-state index is 0. The predicted octanol–water partition coefficient (Wildman–Crippen LogP) is 3.17. The first-order valence-corrected chi connectivity index (χ1v) is 8.39. The Kier molecular flexibility index (Phi) is 5.78. The van der Waals surface area contributed by atoms with Crippen LogP contribution in [0.15, 0.2) is 23.0 Å². The van der Waals surface area contributed by atoms with E-state index in [1.54, 1.807) is 0 Å². The van der Waals surface area contributed by atoms with Crippen LogP contribution in [-0.4, -0.2) is 34.9 Å². The Morgan fingerprint density at radius 1 is 1.23 bits per heavy atom. The van der Waals surface area contributed by atoms with Gasteiger partial charge in [-0.1, -0.05) is 18.3 Å². The Morgan fingerprint density at radius 3 is 2.64 bits per heavy atom. The fourth-order valence-corrected chi connectivity index (χ4v) is 3.86. The first-order chi connectivity index (χ1) is 10.2. The average Bonchev–Trinajstić information content (AvgIpc) is 3.10. The molecule has 1 aromatic heterocycles. The number of ketones is 1. The van der Waals surface area contributed by atoms with Crippen LogP contribution >= 0.6 is 23.7 Å². The van der Waals surface area contributed by atoms with Gasteiger partial charge in [-0.15, -0.1) is 12.4 Å². The Hall–Kier alpha value is -1.17. The molecule has 1 aliphatic heterocycles. The van der Waals surface area contributed by atoms with Crippen LogP contribution in [0.4, 0.5) is 0 Å². The number of carbonyl (C=O) groups excluding carboxylic acids is 1. The molecule has 1 aromatic carbocycles. The highest BCUT2D eigenvalue weighted by molar-refractivity contribution is 7.16. The fraction of sp³-hybridized carbons (Fsp3) is 0.500. The number of nitrogens with zero attached hydrogens (tertiary/aromatic N) is 2. The SMILES string of the molecule is CCC(=O)c1ccc2c(c1)sc(=O)n2CCN1CCCC1.Cl. The second-order valence-electron chi connectivity index (χ2n) is 5.53. The second kappa shape index (κ2) is 7.40. The van der Waals surface area contributed by atoms with E-state index in [-0.39, 0.29) is 23.1 Å². The van der Waals surface area contributed by atoms with E-state index in [4.69, 9.17) is 0 Å². The molecule has 1 saturated heterocycles. The maximum Gasteiger partial charge on any atom is 0.308 e. The van der Waals surface area contributed by atoms with Gasteiger partial charge in [-0.3, -0.25) is 14.2 Å². The molecule has 0 atom stereocenters. The number of halogens is 1. The molecule has 0 saturated carbocycles. The lowest BCUT2D eigenvalue weighted by Gasteiger charge is -2.14. The van der Waals surface area contributed by atoms with Gasteiger partial charge in [0.2, 0.25) is 0 Å². The highest BCUT2D eigenvalue weighted by Crippen LogP contribution is 2.20. The van der Waals surface area contributed by atoms with Crippen LogP contribution < -0.4 is 4.87 Å². The summed E-state index contributed by atoms with van der Waals surface area (Å²) in [5.41, 5.74) is 1.66. The normalized spacial score (nSPS) is 15.1. The number of aromatic nitrogens is 1. The van der Waals surface area contributed by atoms with E-state index < -0.39 is 0 Å². The zero-order chi connectivity index (χ0) is 14.8. The summed E-state index contributed by atoms with van der Waals surface area (Å²) in [6.45, 7) is 5.81. The van der Waals surface area contributed by atoms with E-state index in [9.17, 15) is 9.59 Å². The highest BCUT2D eigenvalue weighted by Gasteiger charge is 2.14. The Labute approximate surface area is 140 Å². The zero-order valence-electron chi connectivity index (χ0n) is 12.7. The first-order valence-electron chi connectivity index (χ1n) is 7.58. The van der Waals surface area contributed by atoms with E-state index in [0.29, 0.717) is 12.0 Å². The molecule has 6 heteroatoms. The molecule has 2 heterocycles. The number of benzene rings is 1. The summed E-state index contributed by atoms with van der Waals surface area (Å²) in [5, 5.41) is 0. The number of hydrogen-bond donors (Lipinski definition) is 0. The minimum absolute atomic E-state index is 0. The van der Waals surface area contributed by atoms with Crippen molar-refractivity contribution in [1.29, 1.82) is 0 Å². The lowest BCUT2D eigenvalue weighted by Crippen LogP contribution is -2.27. The average molecular weight is 341 g/mol. The standard InChI is InChI=1S/C16H20N2O2S.ClH/c1-2-14(19)12-5-6-13-15(11-12)21-16(20)18(13)10-9-17-7-3-4-8-17;/h5-6,11H,2-4,7-10H2,1H3;1H. The van der Waals surface area contributed by atoms with Gasteiger partial charge in [0.15, 0.2) is 5.78 Å². The first kappa shape index (κ1) is 17.2. The summed E-state index contributed by atoms with van der Waals surface area (Å²) in [7, 11) is 0. The van der Waals surface area contributed by atoms with Crippen molar-refractivity contribution in [3.63, 3.8) is 0 Å². The monoisotopic (exact) mass is 340 g/mol. The van der Waals surface area contributed by atoms with Crippen molar-refractivity contribution in [3.05, 3.63) is 33.4 Å². The quantitative estimate of drug-likeness (QED) is 0.785. The lowest BCUT2D eigenvalue weighted by atomic mass is 10.1. The molecule has 2 aromatic rings. The molecule has 0 bridgehead atoms. The van der Waals surface area contributed by atoms with Gasteiger partial charge in [0.1, 0.15) is 0 Å². The largest absolute Gasteiger partial charge is 0.308 e. The third-order valence-corrected chi connectivity index (χ3v) is 5.09. The Balaban J connectivity index is 0.00000176. The number of thiazole rings is 1. The zero-order valence-corrected chi connectivity index (χ0v) is 14.3. The molecule has 0 radical (unpaired) electrons. The van der Waals surface area contributed by atoms with Gasteiger partial charge in [0, 0.05) is 25.1 Å². The molecule has 1 aliphatic rings. The van der Waals surface area contributed by atoms with Crippen LogP contribution in [0.25, 0.3) is 10.2 Å². The summed E-state index contributed by atoms with van der Waals surface area (Å²) < 4.78 is 2.76. The van der Waals surface area contributed by atoms with Gasteiger partial charge < -0.3 is 4.90 Å². The van der Waals surface area contributed by atoms with Crippen molar-refractivity contribution in [1.82, 2.24) is 9.47 Å². The number of likely N-dealkylation sites (tertiary alicyclic amines) is 1. The van der Waals surface area contributed by atoms with Crippen molar-refractivity contribution >= 4 is 39.7 Å². The number of fused-ring (bicyclic) bond motifs is 1. The molecule has 3 rings (SSSR count). The third kappa shape index (κ3) is 3.42. The van der Waals surface area contributed by atoms with Crippen LogP contribution in [-0.2, 0) is 6.54 Å². The minimum Gasteiger partial charge on any atom is -0.302 e. The van der Waals surface area contributed by atoms with Gasteiger partial charge in [-0.25, -0.2) is 0 Å². The molecule has 0 spiro atoms. The number of hydrogen-bond acceptors (Lipinski definition) is 4. The molecule has 22 heavy (non-hydrogen) atoms. The fourth-order valence-electron chi connectivity index (χ4n) is 2.90. The summed E-state index contributed by atoms with van der Waals surface area (Å²) in [6.07, 6.45) is 3.03. The van der Waals surface area contributed by atoms with Crippen molar-refractivity contribution in [2.24, 2.45) is 0 Å². The number of Topliss-reactive ketones (excluding diaryl/α,β-unsaturated/α-hetero) is 1. The molecular weight excluding hydrogens is 320 g/mol. The molecule has 120 valence electrons. The highest BCUT2D eigenvalue weighted by atomic mass is 35.5. The summed E-state index contributed by atoms with van der Waals surface area (Å²) in [4.78, 5) is 26.4. The Bertz CT molecular complexity index is 716. The van der Waals surface area contributed by atoms with Crippen molar-refractivity contribution in [3.8, 4) is 0 Å². The van der Waals surface area contributed by atoms with Crippen LogP contribution in [0.3, 0.4) is 0 Å². The molecule has 1 fully saturated rings. The lowest BCUT2D eigenvalue weighted by molar-refractivity contribution is 0.0988. The van der Waals surface area contributed by atoms with E-state index in [1.807, 2.05) is 29.7 Å². The van der Waals surface area contributed by atoms with E-state index in [0.717, 1.165) is 36.4 Å². The smallest absolute Gasteiger partial charge is 0.302 e. The van der Waals surface area contributed by atoms with Gasteiger partial charge in [-0.05, 0) is 44.1 Å². The van der Waals surface area contributed by atoms with Crippen LogP contribution in [0.2, 0.25) is 0 Å². The van der Waals surface area contributed by atoms with Crippen LogP contribution in [0, 0.1) is 0 Å². The topological polar surface area (TPSA) is 42.3 Å². The van der Waals surface area contributed by atoms with Crippen molar-refractivity contribution in [2.45, 2.75) is 32.7 Å². The van der Waals surface area contributed by atoms with Gasteiger partial charge in [-0.2, -0.15) is 0 Å². The predicted molar refractivity (Wildman–Crippen MR) is 93.6 cm³/mol. The molecular formula is C16H21ClN2O2S. The maximum atomic E-state index is 12.2. The molecule has 0 amide bonds. The summed E-state index contributed by atoms with van der Waals surface area (Å²) >= 11 is 1.24. The summed E-state index contributed by atoms with van der Waals surface area (Å²) in [6, 6.07) is 5.62. The molecule has 0 N–H and O–H groups in total. The van der Waals surface area contributed by atoms with Crippen LogP contribution in [0.1, 0.15) is 36.5 Å². The maximum absolute atomic E-state index is 12.2. The third-order valence-electron chi connectivity index (χ3n) is 4.15. The van der Waals surface area contributed by atoms with E-state index in [1.165, 1.54) is 24.2 Å². The molecule has 0 unspecified atom stereocenters. The van der Waals surface area contributed by atoms with E-state index >= 15 is 0 Å². The Morgan fingerprint density at radius 2 is 1.95 bits per heavy atom. The molecule has 4 nitrogen and oxygen atoms in total. The van der Waals surface area contributed by atoms with Gasteiger partial charge in [0.05, 0.1) is 10.2 Å². The number of carbonyl (C=O) groups is 1. The number of rotatable bonds is 5. The van der Waals surface area contributed by atoms with E-state index in [2.05, 4.69) is 4.90 Å². The molecule has 0 aliphatic carbocycles. The van der Waals surface area contributed by atoms with Gasteiger partial charge >= 0.3 is 4.87 Å². The van der Waals surface area contributed by atoms with Crippen molar-refractivity contribution < 1.29 is 4.79 Å². The second-order valence-corrected chi connectivity index (χ2v) is 6.52.